The molecule has 0 atom stereocenters. The van der Waals surface area contributed by atoms with Crippen LogP contribution < -0.4 is 5.32 Å². The standard InChI is InChI=1S/C13H23NO2/c1-10(2)13(7-6-8-13)9-14-11(15)16-12(3,4)5/h1,6-9H2,2-5H3,(H,14,15). The molecule has 0 aliphatic heterocycles. The van der Waals surface area contributed by atoms with Gasteiger partial charge in [0.2, 0.25) is 0 Å². The molecule has 1 aliphatic rings. The summed E-state index contributed by atoms with van der Waals surface area (Å²) in [6, 6.07) is 0. The van der Waals surface area contributed by atoms with E-state index in [0.29, 0.717) is 6.54 Å². The van der Waals surface area contributed by atoms with Gasteiger partial charge in [0, 0.05) is 12.0 Å². The summed E-state index contributed by atoms with van der Waals surface area (Å²) >= 11 is 0. The van der Waals surface area contributed by atoms with Gasteiger partial charge in [0.15, 0.2) is 0 Å². The van der Waals surface area contributed by atoms with E-state index in [2.05, 4.69) is 11.9 Å². The van der Waals surface area contributed by atoms with Gasteiger partial charge < -0.3 is 10.1 Å². The van der Waals surface area contributed by atoms with Crippen molar-refractivity contribution in [3.63, 3.8) is 0 Å². The number of hydrogen-bond donors (Lipinski definition) is 1. The first-order chi connectivity index (χ1) is 7.25. The van der Waals surface area contributed by atoms with Gasteiger partial charge in [-0.05, 0) is 40.5 Å². The molecule has 3 heteroatoms. The number of amides is 1. The summed E-state index contributed by atoms with van der Waals surface area (Å²) in [6.07, 6.45) is 3.14. The number of rotatable bonds is 3. The molecule has 0 aromatic heterocycles. The van der Waals surface area contributed by atoms with E-state index >= 15 is 0 Å². The number of carbonyl (C=O) groups is 1. The van der Waals surface area contributed by atoms with Crippen LogP contribution in [0.2, 0.25) is 0 Å². The largest absolute Gasteiger partial charge is 0.444 e. The number of nitrogens with one attached hydrogen (secondary N) is 1. The number of alkyl carbamates (subject to hydrolysis) is 1. The van der Waals surface area contributed by atoms with Gasteiger partial charge in [0.1, 0.15) is 5.60 Å². The van der Waals surface area contributed by atoms with Gasteiger partial charge >= 0.3 is 6.09 Å². The van der Waals surface area contributed by atoms with Gasteiger partial charge in [-0.3, -0.25) is 0 Å². The summed E-state index contributed by atoms with van der Waals surface area (Å²) < 4.78 is 5.20. The molecule has 0 spiro atoms. The lowest BCUT2D eigenvalue weighted by Gasteiger charge is -2.42. The fraction of sp³-hybridized carbons (Fsp3) is 0.769. The SMILES string of the molecule is C=C(C)C1(CNC(=O)OC(C)(C)C)CCC1. The van der Waals surface area contributed by atoms with Gasteiger partial charge in [-0.1, -0.05) is 18.6 Å². The minimum Gasteiger partial charge on any atom is -0.444 e. The maximum Gasteiger partial charge on any atom is 0.407 e. The zero-order valence-electron chi connectivity index (χ0n) is 10.9. The first-order valence-corrected chi connectivity index (χ1v) is 5.88. The summed E-state index contributed by atoms with van der Waals surface area (Å²) in [6.45, 7) is 12.3. The highest BCUT2D eigenvalue weighted by molar-refractivity contribution is 5.67. The normalized spacial score (nSPS) is 18.5. The van der Waals surface area contributed by atoms with E-state index in [-0.39, 0.29) is 11.5 Å². The molecule has 0 bridgehead atoms. The Bertz CT molecular complexity index is 285. The van der Waals surface area contributed by atoms with Crippen molar-refractivity contribution < 1.29 is 9.53 Å². The van der Waals surface area contributed by atoms with Crippen molar-refractivity contribution in [1.82, 2.24) is 5.32 Å². The average molecular weight is 225 g/mol. The number of ether oxygens (including phenoxy) is 1. The third kappa shape index (κ3) is 3.26. The molecule has 0 saturated heterocycles. The van der Waals surface area contributed by atoms with E-state index in [1.807, 2.05) is 27.7 Å². The highest BCUT2D eigenvalue weighted by Crippen LogP contribution is 2.45. The molecule has 0 radical (unpaired) electrons. The molecule has 0 aromatic carbocycles. The Morgan fingerprint density at radius 1 is 1.44 bits per heavy atom. The van der Waals surface area contributed by atoms with Crippen LogP contribution in [0.25, 0.3) is 0 Å². The van der Waals surface area contributed by atoms with Crippen LogP contribution in [0.3, 0.4) is 0 Å². The molecule has 1 rings (SSSR count). The second kappa shape index (κ2) is 4.48. The average Bonchev–Trinajstić information content (AvgIpc) is 1.97. The smallest absolute Gasteiger partial charge is 0.407 e. The van der Waals surface area contributed by atoms with Crippen LogP contribution in [-0.4, -0.2) is 18.2 Å². The van der Waals surface area contributed by atoms with Crippen LogP contribution in [0.4, 0.5) is 4.79 Å². The van der Waals surface area contributed by atoms with Crippen molar-refractivity contribution in [3.05, 3.63) is 12.2 Å². The maximum absolute atomic E-state index is 11.5. The van der Waals surface area contributed by atoms with Gasteiger partial charge in [0.25, 0.3) is 0 Å². The van der Waals surface area contributed by atoms with E-state index in [1.165, 1.54) is 6.42 Å². The van der Waals surface area contributed by atoms with Gasteiger partial charge in [-0.25, -0.2) is 4.79 Å². The third-order valence-corrected chi connectivity index (χ3v) is 3.19. The minimum atomic E-state index is -0.430. The number of carbonyl (C=O) groups excluding carboxylic acids is 1. The molecule has 3 nitrogen and oxygen atoms in total. The molecule has 0 heterocycles. The van der Waals surface area contributed by atoms with Crippen molar-refractivity contribution >= 4 is 6.09 Å². The highest BCUT2D eigenvalue weighted by Gasteiger charge is 2.38. The van der Waals surface area contributed by atoms with Crippen LogP contribution in [0.15, 0.2) is 12.2 Å². The molecule has 1 N–H and O–H groups in total. The van der Waals surface area contributed by atoms with Crippen molar-refractivity contribution in [1.29, 1.82) is 0 Å². The zero-order chi connectivity index (χ0) is 12.4. The van der Waals surface area contributed by atoms with Crippen molar-refractivity contribution in [3.8, 4) is 0 Å². The van der Waals surface area contributed by atoms with Crippen LogP contribution >= 0.6 is 0 Å². The van der Waals surface area contributed by atoms with E-state index in [1.54, 1.807) is 0 Å². The quantitative estimate of drug-likeness (QED) is 0.749. The molecule has 0 aromatic rings. The van der Waals surface area contributed by atoms with E-state index in [0.717, 1.165) is 18.4 Å². The molecule has 92 valence electrons. The van der Waals surface area contributed by atoms with Crippen LogP contribution in [0.1, 0.15) is 47.0 Å². The van der Waals surface area contributed by atoms with E-state index in [9.17, 15) is 4.79 Å². The van der Waals surface area contributed by atoms with Crippen LogP contribution in [-0.2, 0) is 4.74 Å². The Kier molecular flexibility index (Phi) is 3.66. The van der Waals surface area contributed by atoms with Gasteiger partial charge in [0.05, 0.1) is 0 Å². The minimum absolute atomic E-state index is 0.122. The van der Waals surface area contributed by atoms with Gasteiger partial charge in [-0.2, -0.15) is 0 Å². The Hall–Kier alpha value is -0.990. The summed E-state index contributed by atoms with van der Waals surface area (Å²) in [4.78, 5) is 11.5. The molecular weight excluding hydrogens is 202 g/mol. The lowest BCUT2D eigenvalue weighted by atomic mass is 9.65. The summed E-state index contributed by atoms with van der Waals surface area (Å²) in [5.74, 6) is 0. The molecule has 1 aliphatic carbocycles. The molecular formula is C13H23NO2. The fourth-order valence-electron chi connectivity index (χ4n) is 1.91. The van der Waals surface area contributed by atoms with Crippen molar-refractivity contribution in [2.75, 3.05) is 6.54 Å². The Morgan fingerprint density at radius 3 is 2.31 bits per heavy atom. The zero-order valence-corrected chi connectivity index (χ0v) is 10.9. The summed E-state index contributed by atoms with van der Waals surface area (Å²) in [7, 11) is 0. The topological polar surface area (TPSA) is 38.3 Å². The fourth-order valence-corrected chi connectivity index (χ4v) is 1.91. The third-order valence-electron chi connectivity index (χ3n) is 3.19. The molecule has 16 heavy (non-hydrogen) atoms. The Balaban J connectivity index is 2.39. The maximum atomic E-state index is 11.5. The summed E-state index contributed by atoms with van der Waals surface area (Å²) in [5.41, 5.74) is 0.853. The molecule has 0 unspecified atom stereocenters. The molecule has 1 fully saturated rings. The summed E-state index contributed by atoms with van der Waals surface area (Å²) in [5, 5.41) is 2.84. The Morgan fingerprint density at radius 2 is 2.00 bits per heavy atom. The van der Waals surface area contributed by atoms with Crippen LogP contribution in [0.5, 0.6) is 0 Å². The first kappa shape index (κ1) is 13.1. The van der Waals surface area contributed by atoms with Crippen molar-refractivity contribution in [2.45, 2.75) is 52.6 Å². The monoisotopic (exact) mass is 225 g/mol. The predicted molar refractivity (Wildman–Crippen MR) is 65.3 cm³/mol. The second-order valence-electron chi connectivity index (χ2n) is 5.77. The Labute approximate surface area is 98.2 Å². The lowest BCUT2D eigenvalue weighted by molar-refractivity contribution is 0.0482. The number of hydrogen-bond acceptors (Lipinski definition) is 2. The van der Waals surface area contributed by atoms with E-state index in [4.69, 9.17) is 4.74 Å². The molecule has 1 saturated carbocycles. The second-order valence-corrected chi connectivity index (χ2v) is 5.77. The van der Waals surface area contributed by atoms with Crippen LogP contribution in [0, 0.1) is 5.41 Å². The lowest BCUT2D eigenvalue weighted by Crippen LogP contribution is -2.44. The highest BCUT2D eigenvalue weighted by atomic mass is 16.6. The van der Waals surface area contributed by atoms with E-state index < -0.39 is 5.60 Å². The first-order valence-electron chi connectivity index (χ1n) is 5.88. The predicted octanol–water partition coefficient (Wildman–Crippen LogP) is 3.26. The van der Waals surface area contributed by atoms with Gasteiger partial charge in [-0.15, -0.1) is 0 Å². The molecule has 1 amide bonds. The van der Waals surface area contributed by atoms with Crippen molar-refractivity contribution in [2.24, 2.45) is 5.41 Å².